The van der Waals surface area contributed by atoms with Crippen molar-refractivity contribution < 1.29 is 9.47 Å². The number of benzene rings is 7. The van der Waals surface area contributed by atoms with Gasteiger partial charge in [-0.25, -0.2) is 0 Å². The van der Waals surface area contributed by atoms with Gasteiger partial charge in [0.1, 0.15) is 24.7 Å². The molecule has 0 fully saturated rings. The van der Waals surface area contributed by atoms with Crippen molar-refractivity contribution >= 4 is 43.1 Å². The van der Waals surface area contributed by atoms with Crippen molar-refractivity contribution in [2.75, 3.05) is 0 Å². The van der Waals surface area contributed by atoms with Gasteiger partial charge in [0, 0.05) is 21.5 Å². The van der Waals surface area contributed by atoms with Gasteiger partial charge >= 0.3 is 0 Å². The van der Waals surface area contributed by atoms with Crippen LogP contribution in [0.3, 0.4) is 0 Å². The fourth-order valence-electron chi connectivity index (χ4n) is 5.33. The van der Waals surface area contributed by atoms with Crippen molar-refractivity contribution in [2.24, 2.45) is 0 Å². The SMILES string of the molecule is c1ccc2cc(COc3c4ccccc4c(OCc4ccc5ccccc5c4)c4ccccc34)ccc2c1. The zero-order chi connectivity index (χ0) is 25.3. The molecule has 0 aromatic heterocycles. The maximum Gasteiger partial charge on any atom is 0.135 e. The largest absolute Gasteiger partial charge is 0.488 e. The number of ether oxygens (including phenoxy) is 2. The molecule has 38 heavy (non-hydrogen) atoms. The minimum atomic E-state index is 0.496. The van der Waals surface area contributed by atoms with Gasteiger partial charge in [0.05, 0.1) is 0 Å². The van der Waals surface area contributed by atoms with Crippen molar-refractivity contribution in [1.82, 2.24) is 0 Å². The summed E-state index contributed by atoms with van der Waals surface area (Å²) in [6, 6.07) is 46.6. The third kappa shape index (κ3) is 4.10. The molecule has 0 saturated carbocycles. The first-order chi connectivity index (χ1) is 18.8. The first kappa shape index (κ1) is 22.4. The zero-order valence-electron chi connectivity index (χ0n) is 20.9. The van der Waals surface area contributed by atoms with E-state index in [-0.39, 0.29) is 0 Å². The van der Waals surface area contributed by atoms with Crippen molar-refractivity contribution in [2.45, 2.75) is 13.2 Å². The van der Waals surface area contributed by atoms with Crippen molar-refractivity contribution in [3.8, 4) is 11.5 Å². The maximum absolute atomic E-state index is 6.58. The van der Waals surface area contributed by atoms with E-state index in [0.717, 1.165) is 44.2 Å². The van der Waals surface area contributed by atoms with Gasteiger partial charge in [-0.2, -0.15) is 0 Å². The molecule has 0 aliphatic carbocycles. The Bertz CT molecular complexity index is 1740. The Morgan fingerprint density at radius 2 is 0.684 bits per heavy atom. The van der Waals surface area contributed by atoms with E-state index in [1.165, 1.54) is 21.5 Å². The normalized spacial score (nSPS) is 11.4. The fourth-order valence-corrected chi connectivity index (χ4v) is 5.33. The smallest absolute Gasteiger partial charge is 0.135 e. The van der Waals surface area contributed by atoms with Crippen molar-refractivity contribution in [3.05, 3.63) is 145 Å². The standard InChI is InChI=1S/C36H26O2/c1-3-11-29-21-25(17-19-27(29)9-1)23-37-35-31-13-5-7-15-33(31)36(34-16-8-6-14-32(34)35)38-24-26-18-20-28-10-2-4-12-30(28)22-26/h1-22H,23-24H2. The van der Waals surface area contributed by atoms with Gasteiger partial charge in [-0.1, -0.05) is 121 Å². The summed E-state index contributed by atoms with van der Waals surface area (Å²) >= 11 is 0. The van der Waals surface area contributed by atoms with Gasteiger partial charge in [-0.3, -0.25) is 0 Å². The van der Waals surface area contributed by atoms with Crippen LogP contribution in [-0.2, 0) is 13.2 Å². The van der Waals surface area contributed by atoms with Gasteiger partial charge in [-0.15, -0.1) is 0 Å². The Kier molecular flexibility index (Phi) is 5.64. The van der Waals surface area contributed by atoms with E-state index >= 15 is 0 Å². The second-order valence-electron chi connectivity index (χ2n) is 9.69. The molecule has 7 rings (SSSR count). The van der Waals surface area contributed by atoms with Gasteiger partial charge in [-0.05, 0) is 44.8 Å². The van der Waals surface area contributed by atoms with E-state index in [1.54, 1.807) is 0 Å². The summed E-state index contributed by atoms with van der Waals surface area (Å²) in [7, 11) is 0. The highest BCUT2D eigenvalue weighted by Crippen LogP contribution is 2.43. The molecule has 0 radical (unpaired) electrons. The highest BCUT2D eigenvalue weighted by atomic mass is 16.5. The quantitative estimate of drug-likeness (QED) is 0.216. The number of hydrogen-bond donors (Lipinski definition) is 0. The van der Waals surface area contributed by atoms with Crippen LogP contribution < -0.4 is 9.47 Å². The van der Waals surface area contributed by atoms with E-state index in [4.69, 9.17) is 9.47 Å². The number of hydrogen-bond acceptors (Lipinski definition) is 2. The Balaban J connectivity index is 1.26. The minimum absolute atomic E-state index is 0.496. The molecule has 0 aliphatic heterocycles. The molecule has 0 aliphatic rings. The van der Waals surface area contributed by atoms with E-state index in [9.17, 15) is 0 Å². The predicted molar refractivity (Wildman–Crippen MR) is 158 cm³/mol. The third-order valence-corrected chi connectivity index (χ3v) is 7.23. The Labute approximate surface area is 221 Å². The molecule has 0 N–H and O–H groups in total. The van der Waals surface area contributed by atoms with Gasteiger partial charge in [0.25, 0.3) is 0 Å². The molecule has 0 unspecified atom stereocenters. The van der Waals surface area contributed by atoms with Crippen LogP contribution in [0.5, 0.6) is 11.5 Å². The summed E-state index contributed by atoms with van der Waals surface area (Å²) in [6.07, 6.45) is 0. The number of rotatable bonds is 6. The molecule has 0 saturated heterocycles. The first-order valence-corrected chi connectivity index (χ1v) is 13.0. The molecule has 182 valence electrons. The van der Waals surface area contributed by atoms with Crippen LogP contribution in [0.4, 0.5) is 0 Å². The summed E-state index contributed by atoms with van der Waals surface area (Å²) in [5.41, 5.74) is 2.29. The summed E-state index contributed by atoms with van der Waals surface area (Å²) in [5.74, 6) is 1.78. The molecule has 0 bridgehead atoms. The van der Waals surface area contributed by atoms with E-state index in [0.29, 0.717) is 13.2 Å². The van der Waals surface area contributed by atoms with Gasteiger partial charge in [0.15, 0.2) is 0 Å². The monoisotopic (exact) mass is 490 g/mol. The lowest BCUT2D eigenvalue weighted by Gasteiger charge is -2.18. The average Bonchev–Trinajstić information content (AvgIpc) is 2.98. The lowest BCUT2D eigenvalue weighted by Crippen LogP contribution is -2.00. The van der Waals surface area contributed by atoms with Crippen LogP contribution in [0.1, 0.15) is 11.1 Å². The van der Waals surface area contributed by atoms with Crippen LogP contribution in [0.15, 0.2) is 133 Å². The Hall–Kier alpha value is -4.82. The molecule has 7 aromatic carbocycles. The molecule has 0 atom stereocenters. The Morgan fingerprint density at radius 3 is 1.08 bits per heavy atom. The average molecular weight is 491 g/mol. The molecular weight excluding hydrogens is 464 g/mol. The topological polar surface area (TPSA) is 18.5 Å². The van der Waals surface area contributed by atoms with E-state index in [2.05, 4.69) is 133 Å². The van der Waals surface area contributed by atoms with Crippen LogP contribution in [-0.4, -0.2) is 0 Å². The second kappa shape index (κ2) is 9.57. The molecule has 0 spiro atoms. The molecule has 2 nitrogen and oxygen atoms in total. The molecular formula is C36H26O2. The summed E-state index contributed by atoms with van der Waals surface area (Å²) in [4.78, 5) is 0. The van der Waals surface area contributed by atoms with Crippen LogP contribution in [0.25, 0.3) is 43.1 Å². The fraction of sp³-hybridized carbons (Fsp3) is 0.0556. The van der Waals surface area contributed by atoms with Gasteiger partial charge < -0.3 is 9.47 Å². The van der Waals surface area contributed by atoms with Crippen LogP contribution in [0.2, 0.25) is 0 Å². The van der Waals surface area contributed by atoms with E-state index < -0.39 is 0 Å². The highest BCUT2D eigenvalue weighted by molar-refractivity contribution is 6.11. The lowest BCUT2D eigenvalue weighted by molar-refractivity contribution is 0.308. The molecule has 0 amide bonds. The van der Waals surface area contributed by atoms with E-state index in [1.807, 2.05) is 0 Å². The predicted octanol–water partition coefficient (Wildman–Crippen LogP) is 9.46. The maximum atomic E-state index is 6.58. The van der Waals surface area contributed by atoms with Crippen molar-refractivity contribution in [1.29, 1.82) is 0 Å². The number of fused-ring (bicyclic) bond motifs is 4. The highest BCUT2D eigenvalue weighted by Gasteiger charge is 2.16. The zero-order valence-corrected chi connectivity index (χ0v) is 20.9. The minimum Gasteiger partial charge on any atom is -0.488 e. The molecule has 7 aromatic rings. The van der Waals surface area contributed by atoms with Gasteiger partial charge in [0.2, 0.25) is 0 Å². The summed E-state index contributed by atoms with van der Waals surface area (Å²) in [6.45, 7) is 0.992. The third-order valence-electron chi connectivity index (χ3n) is 7.23. The second-order valence-corrected chi connectivity index (χ2v) is 9.69. The van der Waals surface area contributed by atoms with Crippen LogP contribution in [0, 0.1) is 0 Å². The van der Waals surface area contributed by atoms with Crippen LogP contribution >= 0.6 is 0 Å². The first-order valence-electron chi connectivity index (χ1n) is 13.0. The lowest BCUT2D eigenvalue weighted by atomic mass is 10.0. The molecule has 0 heterocycles. The van der Waals surface area contributed by atoms with Crippen molar-refractivity contribution in [3.63, 3.8) is 0 Å². The Morgan fingerprint density at radius 1 is 0.342 bits per heavy atom. The summed E-state index contributed by atoms with van der Waals surface area (Å²) in [5, 5.41) is 9.14. The molecule has 2 heteroatoms. The summed E-state index contributed by atoms with van der Waals surface area (Å²) < 4.78 is 13.2.